The van der Waals surface area contributed by atoms with Crippen LogP contribution in [0.4, 0.5) is 13.2 Å². The molecule has 0 aliphatic carbocycles. The van der Waals surface area contributed by atoms with Crippen LogP contribution in [0.2, 0.25) is 0 Å². The monoisotopic (exact) mass is 611 g/mol. The zero-order chi connectivity index (χ0) is 30.7. The van der Waals surface area contributed by atoms with Crippen LogP contribution in [0.25, 0.3) is 10.9 Å². The van der Waals surface area contributed by atoms with Crippen molar-refractivity contribution in [1.29, 1.82) is 0 Å². The van der Waals surface area contributed by atoms with Crippen molar-refractivity contribution in [2.45, 2.75) is 42.8 Å². The zero-order valence-corrected chi connectivity index (χ0v) is 24.7. The molecule has 2 atom stereocenters. The minimum Gasteiger partial charge on any atom is -0.453 e. The summed E-state index contributed by atoms with van der Waals surface area (Å²) in [6, 6.07) is 11.8. The molecule has 43 heavy (non-hydrogen) atoms. The van der Waals surface area contributed by atoms with Crippen LogP contribution in [-0.4, -0.2) is 36.3 Å². The molecule has 7 nitrogen and oxygen atoms in total. The number of halogens is 3. The number of aliphatic hydroxyl groups excluding tert-OH is 1. The van der Waals surface area contributed by atoms with Crippen molar-refractivity contribution in [2.75, 3.05) is 20.0 Å². The molecule has 4 aromatic rings. The van der Waals surface area contributed by atoms with E-state index in [0.717, 1.165) is 35.8 Å². The van der Waals surface area contributed by atoms with E-state index >= 15 is 8.78 Å². The molecule has 3 aromatic carbocycles. The van der Waals surface area contributed by atoms with Crippen LogP contribution < -0.4 is 15.4 Å². The van der Waals surface area contributed by atoms with Gasteiger partial charge in [0, 0.05) is 42.6 Å². The molecule has 2 aliphatic rings. The summed E-state index contributed by atoms with van der Waals surface area (Å²) in [7, 11) is 1.00. The van der Waals surface area contributed by atoms with Gasteiger partial charge in [-0.3, -0.25) is 0 Å². The van der Waals surface area contributed by atoms with Crippen molar-refractivity contribution in [3.8, 4) is 11.5 Å². The minimum atomic E-state index is -1.12. The van der Waals surface area contributed by atoms with Crippen molar-refractivity contribution in [3.63, 3.8) is 0 Å². The standard InChI is InChI=1S/C31H28F3N3O3S.CH4O/c1-31(16-39-15-21-17(6-4-12-38)5-3-7-22(21)31)24-14-36-30(37-24)20-13-18(8-9-23(20)32)40-28-26(34)25(33)27-19(10-11-35-27)29(28)41-2;1-2/h3,5,7-14,30,35-37H,4,6,15-16H2,1-2H3;2H,1H3. The summed E-state index contributed by atoms with van der Waals surface area (Å²) in [5.74, 6) is -2.73. The van der Waals surface area contributed by atoms with Gasteiger partial charge in [0.25, 0.3) is 0 Å². The lowest BCUT2D eigenvalue weighted by Crippen LogP contribution is -2.40. The lowest BCUT2D eigenvalue weighted by Gasteiger charge is -2.38. The Hall–Kier alpha value is -3.93. The Balaban J connectivity index is 0.00000180. The van der Waals surface area contributed by atoms with E-state index in [4.69, 9.17) is 14.6 Å². The largest absolute Gasteiger partial charge is 0.453 e. The normalized spacial score (nSPS) is 19.0. The average molecular weight is 612 g/mol. The highest BCUT2D eigenvalue weighted by atomic mass is 32.2. The minimum absolute atomic E-state index is 0.0644. The van der Waals surface area contributed by atoms with Gasteiger partial charge in [-0.05, 0) is 60.6 Å². The van der Waals surface area contributed by atoms with E-state index in [1.807, 2.05) is 18.3 Å². The number of benzene rings is 3. The maximum atomic E-state index is 15.1. The van der Waals surface area contributed by atoms with Crippen molar-refractivity contribution in [3.05, 3.63) is 100 Å². The van der Waals surface area contributed by atoms with Crippen LogP contribution in [0.15, 0.2) is 65.5 Å². The number of aldehydes is 1. The first-order chi connectivity index (χ1) is 20.9. The summed E-state index contributed by atoms with van der Waals surface area (Å²) < 4.78 is 56.8. The zero-order valence-electron chi connectivity index (χ0n) is 23.9. The molecule has 0 saturated carbocycles. The Labute approximate surface area is 251 Å². The van der Waals surface area contributed by atoms with Crippen LogP contribution in [0.1, 0.15) is 41.8 Å². The van der Waals surface area contributed by atoms with Crippen LogP contribution >= 0.6 is 11.8 Å². The molecule has 0 spiro atoms. The first kappa shape index (κ1) is 30.5. The highest BCUT2D eigenvalue weighted by Crippen LogP contribution is 2.43. The lowest BCUT2D eigenvalue weighted by molar-refractivity contribution is -0.107. The van der Waals surface area contributed by atoms with Gasteiger partial charge in [-0.2, -0.15) is 4.39 Å². The predicted octanol–water partition coefficient (Wildman–Crippen LogP) is 6.36. The molecule has 0 amide bonds. The number of carbonyl (C=O) groups excluding carboxylic acids is 1. The third-order valence-corrected chi connectivity index (χ3v) is 8.65. The van der Waals surface area contributed by atoms with Crippen molar-refractivity contribution >= 4 is 29.0 Å². The fourth-order valence-electron chi connectivity index (χ4n) is 5.71. The van der Waals surface area contributed by atoms with E-state index in [-0.39, 0.29) is 22.6 Å². The topological polar surface area (TPSA) is 95.6 Å². The molecule has 0 radical (unpaired) electrons. The van der Waals surface area contributed by atoms with Gasteiger partial charge in [-0.25, -0.2) is 8.78 Å². The average Bonchev–Trinajstić information content (AvgIpc) is 3.72. The quantitative estimate of drug-likeness (QED) is 0.136. The molecular formula is C32H32F3N3O4S. The van der Waals surface area contributed by atoms with E-state index in [2.05, 4.69) is 28.6 Å². The van der Waals surface area contributed by atoms with Gasteiger partial charge in [-0.15, -0.1) is 11.8 Å². The number of nitrogens with one attached hydrogen (secondary N) is 3. The van der Waals surface area contributed by atoms with Crippen LogP contribution in [0.3, 0.4) is 0 Å². The summed E-state index contributed by atoms with van der Waals surface area (Å²) in [5.41, 5.74) is 3.82. The molecule has 226 valence electrons. The number of aromatic nitrogens is 1. The van der Waals surface area contributed by atoms with Crippen LogP contribution in [-0.2, 0) is 28.0 Å². The number of hydrogen-bond donors (Lipinski definition) is 4. The second-order valence-electron chi connectivity index (χ2n) is 10.3. The Bertz CT molecular complexity index is 1690. The molecule has 2 unspecified atom stereocenters. The summed E-state index contributed by atoms with van der Waals surface area (Å²) in [5, 5.41) is 14.1. The molecular weight excluding hydrogens is 579 g/mol. The first-order valence-corrected chi connectivity index (χ1v) is 14.9. The number of aliphatic hydroxyl groups is 1. The number of aromatic amines is 1. The second-order valence-corrected chi connectivity index (χ2v) is 11.1. The number of thioether (sulfide) groups is 1. The van der Waals surface area contributed by atoms with Crippen molar-refractivity contribution in [2.24, 2.45) is 0 Å². The van der Waals surface area contributed by atoms with Crippen molar-refractivity contribution < 1.29 is 32.5 Å². The van der Waals surface area contributed by atoms with E-state index in [9.17, 15) is 9.18 Å². The summed E-state index contributed by atoms with van der Waals surface area (Å²) in [6.07, 6.45) is 6.45. The highest BCUT2D eigenvalue weighted by Gasteiger charge is 2.40. The Morgan fingerprint density at radius 2 is 1.98 bits per heavy atom. The maximum absolute atomic E-state index is 15.1. The van der Waals surface area contributed by atoms with Gasteiger partial charge in [0.2, 0.25) is 5.82 Å². The highest BCUT2D eigenvalue weighted by molar-refractivity contribution is 7.99. The summed E-state index contributed by atoms with van der Waals surface area (Å²) >= 11 is 1.23. The molecule has 4 N–H and O–H groups in total. The van der Waals surface area contributed by atoms with Crippen LogP contribution in [0, 0.1) is 17.5 Å². The van der Waals surface area contributed by atoms with Crippen molar-refractivity contribution in [1.82, 2.24) is 15.6 Å². The van der Waals surface area contributed by atoms with Gasteiger partial charge in [0.1, 0.15) is 24.0 Å². The molecule has 0 saturated heterocycles. The summed E-state index contributed by atoms with van der Waals surface area (Å²) in [4.78, 5) is 14.1. The van der Waals surface area contributed by atoms with Gasteiger partial charge in [0.05, 0.1) is 29.0 Å². The van der Waals surface area contributed by atoms with Gasteiger partial charge in [-0.1, -0.05) is 18.2 Å². The van der Waals surface area contributed by atoms with Crippen LogP contribution in [0.5, 0.6) is 11.5 Å². The number of rotatable bonds is 8. The SMILES string of the molecule is CO.CSc1c(Oc2ccc(F)c(C3NC=C(C4(C)COCc5c(CCC=O)cccc54)N3)c2)c(F)c(F)c2[nH]ccc12. The lowest BCUT2D eigenvalue weighted by atomic mass is 9.75. The fraction of sp³-hybridized carbons (Fsp3) is 0.281. The third kappa shape index (κ3) is 5.48. The van der Waals surface area contributed by atoms with E-state index in [1.54, 1.807) is 12.3 Å². The Morgan fingerprint density at radius 3 is 2.74 bits per heavy atom. The van der Waals surface area contributed by atoms with E-state index in [0.29, 0.717) is 36.3 Å². The smallest absolute Gasteiger partial charge is 0.204 e. The van der Waals surface area contributed by atoms with Gasteiger partial charge >= 0.3 is 0 Å². The van der Waals surface area contributed by atoms with E-state index in [1.165, 1.54) is 36.2 Å². The number of H-pyrrole nitrogens is 1. The number of fused-ring (bicyclic) bond motifs is 2. The number of aryl methyl sites for hydroxylation is 1. The van der Waals surface area contributed by atoms with E-state index < -0.39 is 29.0 Å². The number of carbonyl (C=O) groups is 1. The number of ether oxygens (including phenoxy) is 2. The molecule has 1 aromatic heterocycles. The summed E-state index contributed by atoms with van der Waals surface area (Å²) in [6.45, 7) is 2.94. The Kier molecular flexibility index (Phi) is 9.05. The fourth-order valence-corrected chi connectivity index (χ4v) is 6.42. The maximum Gasteiger partial charge on any atom is 0.204 e. The predicted molar refractivity (Wildman–Crippen MR) is 160 cm³/mol. The third-order valence-electron chi connectivity index (χ3n) is 7.84. The molecule has 3 heterocycles. The first-order valence-electron chi connectivity index (χ1n) is 13.7. The molecule has 0 bridgehead atoms. The molecule has 0 fully saturated rings. The molecule has 6 rings (SSSR count). The van der Waals surface area contributed by atoms with Gasteiger partial charge < -0.3 is 35.0 Å². The van der Waals surface area contributed by atoms with Gasteiger partial charge in [0.15, 0.2) is 11.6 Å². The molecule has 2 aliphatic heterocycles. The molecule has 11 heteroatoms. The second kappa shape index (κ2) is 12.7. The number of hydrogen-bond acceptors (Lipinski definition) is 7. The Morgan fingerprint density at radius 1 is 1.16 bits per heavy atom.